The lowest BCUT2D eigenvalue weighted by molar-refractivity contribution is 0.0275. The molecule has 0 bridgehead atoms. The van der Waals surface area contributed by atoms with Crippen LogP contribution in [0.15, 0.2) is 18.2 Å². The summed E-state index contributed by atoms with van der Waals surface area (Å²) in [5.74, 6) is -0.00515. The molecule has 0 N–H and O–H groups in total. The zero-order chi connectivity index (χ0) is 18.4. The van der Waals surface area contributed by atoms with Gasteiger partial charge in [-0.25, -0.2) is 9.18 Å². The number of carbonyl (C=O) groups is 2. The van der Waals surface area contributed by atoms with Crippen molar-refractivity contribution in [2.24, 2.45) is 11.8 Å². The number of halogens is 2. The molecule has 0 aliphatic carbocycles. The van der Waals surface area contributed by atoms with Crippen LogP contribution in [0.1, 0.15) is 31.1 Å². The van der Waals surface area contributed by atoms with Crippen LogP contribution in [0, 0.1) is 21.2 Å². The second kappa shape index (κ2) is 6.74. The average Bonchev–Trinajstić information content (AvgIpc) is 3.06. The van der Waals surface area contributed by atoms with E-state index in [-0.39, 0.29) is 29.7 Å². The lowest BCUT2D eigenvalue weighted by Crippen LogP contribution is -2.38. The maximum atomic E-state index is 13.7. The highest BCUT2D eigenvalue weighted by molar-refractivity contribution is 14.1. The Balaban J connectivity index is 1.62. The van der Waals surface area contributed by atoms with Gasteiger partial charge in [0.25, 0.3) is 5.91 Å². The molecule has 1 aromatic carbocycles. The first-order chi connectivity index (χ1) is 11.7. The molecule has 0 saturated carbocycles. The number of fused-ring (bicyclic) bond motifs is 1. The number of likely N-dealkylation sites (tertiary alicyclic amines) is 2. The van der Waals surface area contributed by atoms with E-state index in [2.05, 4.69) is 0 Å². The molecule has 0 radical (unpaired) electrons. The highest BCUT2D eigenvalue weighted by Gasteiger charge is 2.44. The number of hydrogen-bond acceptors (Lipinski definition) is 3. The summed E-state index contributed by atoms with van der Waals surface area (Å²) in [5, 5.41) is 0. The quantitative estimate of drug-likeness (QED) is 0.605. The fraction of sp³-hybridized carbons (Fsp3) is 0.556. The number of carbonyl (C=O) groups excluding carboxylic acids is 2. The lowest BCUT2D eigenvalue weighted by atomic mass is 10.0. The second-order valence-corrected chi connectivity index (χ2v) is 8.80. The Morgan fingerprint density at radius 1 is 1.12 bits per heavy atom. The first-order valence-electron chi connectivity index (χ1n) is 8.37. The van der Waals surface area contributed by atoms with E-state index in [0.29, 0.717) is 35.3 Å². The number of hydrogen-bond donors (Lipinski definition) is 0. The van der Waals surface area contributed by atoms with Crippen molar-refractivity contribution in [3.63, 3.8) is 0 Å². The van der Waals surface area contributed by atoms with Gasteiger partial charge in [-0.3, -0.25) is 4.79 Å². The Hall–Kier alpha value is -1.38. The van der Waals surface area contributed by atoms with Gasteiger partial charge in [0, 0.05) is 38.0 Å². The van der Waals surface area contributed by atoms with E-state index in [4.69, 9.17) is 4.74 Å². The summed E-state index contributed by atoms with van der Waals surface area (Å²) in [5.41, 5.74) is -0.102. The summed E-state index contributed by atoms with van der Waals surface area (Å²) in [7, 11) is 0. The van der Waals surface area contributed by atoms with Crippen molar-refractivity contribution >= 4 is 34.6 Å². The summed E-state index contributed by atoms with van der Waals surface area (Å²) in [6, 6.07) is 4.58. The van der Waals surface area contributed by atoms with Crippen LogP contribution >= 0.6 is 22.6 Å². The minimum Gasteiger partial charge on any atom is -0.444 e. The Kier molecular flexibility index (Phi) is 4.96. The van der Waals surface area contributed by atoms with Crippen molar-refractivity contribution in [1.29, 1.82) is 0 Å². The van der Waals surface area contributed by atoms with Crippen LogP contribution in [0.2, 0.25) is 0 Å². The van der Waals surface area contributed by atoms with E-state index in [1.165, 1.54) is 6.07 Å². The van der Waals surface area contributed by atoms with Gasteiger partial charge in [0.2, 0.25) is 0 Å². The van der Waals surface area contributed by atoms with Gasteiger partial charge in [-0.1, -0.05) is 6.07 Å². The molecule has 2 heterocycles. The third-order valence-corrected chi connectivity index (χ3v) is 5.70. The summed E-state index contributed by atoms with van der Waals surface area (Å²) < 4.78 is 19.5. The molecule has 25 heavy (non-hydrogen) atoms. The average molecular weight is 460 g/mol. The largest absolute Gasteiger partial charge is 0.444 e. The summed E-state index contributed by atoms with van der Waals surface area (Å²) in [4.78, 5) is 28.4. The highest BCUT2D eigenvalue weighted by atomic mass is 127. The summed E-state index contributed by atoms with van der Waals surface area (Å²) >= 11 is 1.87. The second-order valence-electron chi connectivity index (χ2n) is 7.72. The number of nitrogens with zero attached hydrogens (tertiary/aromatic N) is 2. The molecule has 1 aromatic rings. The summed E-state index contributed by atoms with van der Waals surface area (Å²) in [6.07, 6.45) is -0.292. The molecule has 2 atom stereocenters. The highest BCUT2D eigenvalue weighted by Crippen LogP contribution is 2.33. The van der Waals surface area contributed by atoms with Crippen LogP contribution in [0.5, 0.6) is 0 Å². The molecular formula is C18H22FIN2O3. The van der Waals surface area contributed by atoms with Crippen molar-refractivity contribution in [1.82, 2.24) is 9.80 Å². The van der Waals surface area contributed by atoms with Gasteiger partial charge < -0.3 is 14.5 Å². The maximum Gasteiger partial charge on any atom is 0.410 e. The standard InChI is InChI=1S/C18H22FIN2O3/c1-18(2,3)25-17(24)22-9-11-7-21(8-12(11)10-22)16(23)13-5-4-6-14(19)15(13)20/h4-6,11-12H,7-10H2,1-3H3. The molecule has 0 aromatic heterocycles. The predicted molar refractivity (Wildman–Crippen MR) is 99.8 cm³/mol. The Morgan fingerprint density at radius 3 is 2.24 bits per heavy atom. The van der Waals surface area contributed by atoms with Crippen LogP contribution in [-0.4, -0.2) is 53.6 Å². The fourth-order valence-electron chi connectivity index (χ4n) is 3.47. The zero-order valence-corrected chi connectivity index (χ0v) is 16.7. The molecule has 2 unspecified atom stereocenters. The first-order valence-corrected chi connectivity index (χ1v) is 9.45. The van der Waals surface area contributed by atoms with E-state index < -0.39 is 5.60 Å². The molecule has 2 aliphatic rings. The van der Waals surface area contributed by atoms with E-state index in [1.807, 2.05) is 43.4 Å². The number of benzene rings is 1. The van der Waals surface area contributed by atoms with Gasteiger partial charge in [-0.05, 0) is 55.5 Å². The third kappa shape index (κ3) is 3.91. The van der Waals surface area contributed by atoms with Gasteiger partial charge in [-0.2, -0.15) is 0 Å². The normalized spacial score (nSPS) is 22.9. The molecule has 3 rings (SSSR count). The van der Waals surface area contributed by atoms with Crippen LogP contribution in [-0.2, 0) is 4.74 Å². The van der Waals surface area contributed by atoms with Crippen molar-refractivity contribution in [2.45, 2.75) is 26.4 Å². The van der Waals surface area contributed by atoms with Crippen molar-refractivity contribution in [2.75, 3.05) is 26.2 Å². The first kappa shape index (κ1) is 18.4. The monoisotopic (exact) mass is 460 g/mol. The molecule has 2 saturated heterocycles. The van der Waals surface area contributed by atoms with Gasteiger partial charge in [0.1, 0.15) is 11.4 Å². The van der Waals surface area contributed by atoms with Gasteiger partial charge in [0.05, 0.1) is 9.13 Å². The summed E-state index contributed by atoms with van der Waals surface area (Å²) in [6.45, 7) is 7.94. The molecule has 2 amide bonds. The molecule has 7 heteroatoms. The SMILES string of the molecule is CC(C)(C)OC(=O)N1CC2CN(C(=O)c3cccc(F)c3I)CC2C1. The van der Waals surface area contributed by atoms with E-state index >= 15 is 0 Å². The van der Waals surface area contributed by atoms with Crippen LogP contribution in [0.3, 0.4) is 0 Å². The van der Waals surface area contributed by atoms with Gasteiger partial charge in [-0.15, -0.1) is 0 Å². The Labute approximate surface area is 160 Å². The zero-order valence-electron chi connectivity index (χ0n) is 14.6. The van der Waals surface area contributed by atoms with Crippen LogP contribution in [0.4, 0.5) is 9.18 Å². The Bertz CT molecular complexity index is 690. The number of ether oxygens (including phenoxy) is 1. The van der Waals surface area contributed by atoms with E-state index in [0.717, 1.165) is 0 Å². The molecular weight excluding hydrogens is 438 g/mol. The fourth-order valence-corrected chi connectivity index (χ4v) is 4.06. The minimum atomic E-state index is -0.509. The van der Waals surface area contributed by atoms with Crippen molar-refractivity contribution < 1.29 is 18.7 Å². The van der Waals surface area contributed by atoms with Crippen LogP contribution < -0.4 is 0 Å². The smallest absolute Gasteiger partial charge is 0.410 e. The lowest BCUT2D eigenvalue weighted by Gasteiger charge is -2.26. The van der Waals surface area contributed by atoms with Gasteiger partial charge >= 0.3 is 6.09 Å². The van der Waals surface area contributed by atoms with Crippen molar-refractivity contribution in [3.05, 3.63) is 33.1 Å². The molecule has 136 valence electrons. The van der Waals surface area contributed by atoms with Crippen LogP contribution in [0.25, 0.3) is 0 Å². The predicted octanol–water partition coefficient (Wildman–Crippen LogP) is 3.37. The number of rotatable bonds is 1. The van der Waals surface area contributed by atoms with Gasteiger partial charge in [0.15, 0.2) is 0 Å². The molecule has 5 nitrogen and oxygen atoms in total. The maximum absolute atomic E-state index is 13.7. The topological polar surface area (TPSA) is 49.9 Å². The van der Waals surface area contributed by atoms with E-state index in [1.54, 1.807) is 21.9 Å². The molecule has 2 aliphatic heterocycles. The molecule has 0 spiro atoms. The minimum absolute atomic E-state index is 0.137. The Morgan fingerprint density at radius 2 is 1.68 bits per heavy atom. The number of amides is 2. The van der Waals surface area contributed by atoms with Crippen molar-refractivity contribution in [3.8, 4) is 0 Å². The third-order valence-electron chi connectivity index (χ3n) is 4.61. The molecule has 2 fully saturated rings. The van der Waals surface area contributed by atoms with E-state index in [9.17, 15) is 14.0 Å².